The predicted octanol–water partition coefficient (Wildman–Crippen LogP) is 3.55. The molecule has 2 aromatic rings. The lowest BCUT2D eigenvalue weighted by Gasteiger charge is -2.19. The van der Waals surface area contributed by atoms with E-state index < -0.39 is 0 Å². The maximum atomic E-state index is 13.2. The quantitative estimate of drug-likeness (QED) is 0.932. The van der Waals surface area contributed by atoms with Crippen molar-refractivity contribution in [1.29, 1.82) is 0 Å². The van der Waals surface area contributed by atoms with Crippen LogP contribution >= 0.6 is 11.6 Å². The van der Waals surface area contributed by atoms with Crippen LogP contribution in [0.15, 0.2) is 30.5 Å². The normalized spacial score (nSPS) is 11.8. The van der Waals surface area contributed by atoms with Gasteiger partial charge in [-0.1, -0.05) is 11.6 Å². The van der Waals surface area contributed by atoms with Gasteiger partial charge in [-0.2, -0.15) is 5.10 Å². The molecule has 3 nitrogen and oxygen atoms in total. The molecule has 1 aromatic carbocycles. The first-order chi connectivity index (χ1) is 8.85. The second-order valence-corrected chi connectivity index (χ2v) is 5.86. The van der Waals surface area contributed by atoms with Crippen LogP contribution in [0.3, 0.4) is 0 Å². The van der Waals surface area contributed by atoms with E-state index in [1.54, 1.807) is 10.9 Å². The molecule has 0 atom stereocenters. The molecule has 1 aromatic heterocycles. The standard InChI is InChI=1S/C14H17ClFN3/c1-14(2,3)17-9-11-6-7-19(18-11)13-8-10(16)4-5-12(13)15/h4-8,17H,9H2,1-3H3. The van der Waals surface area contributed by atoms with E-state index in [1.807, 2.05) is 6.07 Å². The van der Waals surface area contributed by atoms with Crippen molar-refractivity contribution in [2.24, 2.45) is 0 Å². The Morgan fingerprint density at radius 3 is 2.74 bits per heavy atom. The number of halogens is 2. The molecule has 0 aliphatic heterocycles. The molecular formula is C14H17ClFN3. The van der Waals surface area contributed by atoms with Crippen LogP contribution in [0.5, 0.6) is 0 Å². The van der Waals surface area contributed by atoms with Gasteiger partial charge in [0.25, 0.3) is 0 Å². The monoisotopic (exact) mass is 281 g/mol. The molecule has 1 heterocycles. The minimum atomic E-state index is -0.329. The Labute approximate surface area is 117 Å². The van der Waals surface area contributed by atoms with E-state index in [2.05, 4.69) is 31.2 Å². The number of nitrogens with zero attached hydrogens (tertiary/aromatic N) is 2. The Hall–Kier alpha value is -1.39. The third-order valence-electron chi connectivity index (χ3n) is 2.60. The van der Waals surface area contributed by atoms with Crippen LogP contribution in [0.2, 0.25) is 5.02 Å². The molecule has 0 aliphatic rings. The fourth-order valence-electron chi connectivity index (χ4n) is 1.61. The Bertz CT molecular complexity index is 572. The maximum absolute atomic E-state index is 13.2. The molecule has 102 valence electrons. The molecule has 1 N–H and O–H groups in total. The number of rotatable bonds is 3. The van der Waals surface area contributed by atoms with Crippen LogP contribution in [0.4, 0.5) is 4.39 Å². The minimum Gasteiger partial charge on any atom is -0.306 e. The predicted molar refractivity (Wildman–Crippen MR) is 75.1 cm³/mol. The number of hydrogen-bond donors (Lipinski definition) is 1. The van der Waals surface area contributed by atoms with Gasteiger partial charge in [0.05, 0.1) is 16.4 Å². The summed E-state index contributed by atoms with van der Waals surface area (Å²) in [7, 11) is 0. The summed E-state index contributed by atoms with van der Waals surface area (Å²) in [5.74, 6) is -0.329. The molecule has 0 amide bonds. The van der Waals surface area contributed by atoms with Crippen LogP contribution in [0.25, 0.3) is 5.69 Å². The van der Waals surface area contributed by atoms with Crippen molar-refractivity contribution in [2.45, 2.75) is 32.9 Å². The van der Waals surface area contributed by atoms with Crippen molar-refractivity contribution in [3.63, 3.8) is 0 Å². The molecule has 0 aliphatic carbocycles. The van der Waals surface area contributed by atoms with Gasteiger partial charge in [-0.3, -0.25) is 0 Å². The highest BCUT2D eigenvalue weighted by atomic mass is 35.5. The van der Waals surface area contributed by atoms with Gasteiger partial charge in [0, 0.05) is 24.3 Å². The zero-order chi connectivity index (χ0) is 14.0. The summed E-state index contributed by atoms with van der Waals surface area (Å²) in [5, 5.41) is 8.21. The molecule has 0 saturated carbocycles. The first kappa shape index (κ1) is 14.0. The smallest absolute Gasteiger partial charge is 0.125 e. The highest BCUT2D eigenvalue weighted by Gasteiger charge is 2.11. The van der Waals surface area contributed by atoms with Crippen LogP contribution < -0.4 is 5.32 Å². The zero-order valence-electron chi connectivity index (χ0n) is 11.2. The maximum Gasteiger partial charge on any atom is 0.125 e. The van der Waals surface area contributed by atoms with Crippen LogP contribution in [0.1, 0.15) is 26.5 Å². The molecular weight excluding hydrogens is 265 g/mol. The second-order valence-electron chi connectivity index (χ2n) is 5.45. The molecule has 0 unspecified atom stereocenters. The van der Waals surface area contributed by atoms with Gasteiger partial charge in [0.2, 0.25) is 0 Å². The number of nitrogens with one attached hydrogen (secondary N) is 1. The summed E-state index contributed by atoms with van der Waals surface area (Å²) in [6, 6.07) is 6.12. The van der Waals surface area contributed by atoms with Gasteiger partial charge < -0.3 is 5.32 Å². The Morgan fingerprint density at radius 1 is 1.32 bits per heavy atom. The lowest BCUT2D eigenvalue weighted by Crippen LogP contribution is -2.35. The number of benzene rings is 1. The summed E-state index contributed by atoms with van der Waals surface area (Å²) in [6.07, 6.45) is 1.78. The summed E-state index contributed by atoms with van der Waals surface area (Å²) in [6.45, 7) is 6.93. The first-order valence-corrected chi connectivity index (χ1v) is 6.48. The molecule has 0 bridgehead atoms. The minimum absolute atomic E-state index is 0.0281. The lowest BCUT2D eigenvalue weighted by atomic mass is 10.1. The van der Waals surface area contributed by atoms with Gasteiger partial charge >= 0.3 is 0 Å². The topological polar surface area (TPSA) is 29.9 Å². The Kier molecular flexibility index (Phi) is 3.92. The molecule has 5 heteroatoms. The van der Waals surface area contributed by atoms with Gasteiger partial charge in [0.1, 0.15) is 5.82 Å². The van der Waals surface area contributed by atoms with Crippen molar-refractivity contribution in [1.82, 2.24) is 15.1 Å². The summed E-state index contributed by atoms with van der Waals surface area (Å²) >= 11 is 6.05. The Morgan fingerprint density at radius 2 is 2.05 bits per heavy atom. The van der Waals surface area contributed by atoms with E-state index >= 15 is 0 Å². The largest absolute Gasteiger partial charge is 0.306 e. The molecule has 0 spiro atoms. The van der Waals surface area contributed by atoms with E-state index in [1.165, 1.54) is 18.2 Å². The van der Waals surface area contributed by atoms with Gasteiger partial charge in [-0.15, -0.1) is 0 Å². The Balaban J connectivity index is 2.19. The second kappa shape index (κ2) is 5.31. The van der Waals surface area contributed by atoms with Crippen molar-refractivity contribution >= 4 is 11.6 Å². The van der Waals surface area contributed by atoms with Gasteiger partial charge in [-0.25, -0.2) is 9.07 Å². The van der Waals surface area contributed by atoms with E-state index in [-0.39, 0.29) is 11.4 Å². The van der Waals surface area contributed by atoms with Gasteiger partial charge in [-0.05, 0) is 39.0 Å². The highest BCUT2D eigenvalue weighted by Crippen LogP contribution is 2.21. The highest BCUT2D eigenvalue weighted by molar-refractivity contribution is 6.32. The summed E-state index contributed by atoms with van der Waals surface area (Å²) in [4.78, 5) is 0. The third-order valence-corrected chi connectivity index (χ3v) is 2.92. The van der Waals surface area contributed by atoms with E-state index in [0.29, 0.717) is 17.3 Å². The van der Waals surface area contributed by atoms with E-state index in [0.717, 1.165) is 5.69 Å². The van der Waals surface area contributed by atoms with Crippen molar-refractivity contribution in [2.75, 3.05) is 0 Å². The van der Waals surface area contributed by atoms with Crippen molar-refractivity contribution < 1.29 is 4.39 Å². The fraction of sp³-hybridized carbons (Fsp3) is 0.357. The van der Waals surface area contributed by atoms with Crippen molar-refractivity contribution in [3.8, 4) is 5.69 Å². The lowest BCUT2D eigenvalue weighted by molar-refractivity contribution is 0.420. The fourth-order valence-corrected chi connectivity index (χ4v) is 1.81. The average molecular weight is 282 g/mol. The number of hydrogen-bond acceptors (Lipinski definition) is 2. The molecule has 2 rings (SSSR count). The SMILES string of the molecule is CC(C)(C)NCc1ccn(-c2cc(F)ccc2Cl)n1. The molecule has 0 saturated heterocycles. The third kappa shape index (κ3) is 3.78. The molecule has 0 fully saturated rings. The van der Waals surface area contributed by atoms with Crippen LogP contribution in [0, 0.1) is 5.82 Å². The van der Waals surface area contributed by atoms with E-state index in [4.69, 9.17) is 11.6 Å². The van der Waals surface area contributed by atoms with E-state index in [9.17, 15) is 4.39 Å². The van der Waals surface area contributed by atoms with Crippen LogP contribution in [-0.2, 0) is 6.54 Å². The molecule has 0 radical (unpaired) electrons. The zero-order valence-corrected chi connectivity index (χ0v) is 12.0. The average Bonchev–Trinajstić information content (AvgIpc) is 2.77. The van der Waals surface area contributed by atoms with Gasteiger partial charge in [0.15, 0.2) is 0 Å². The summed E-state index contributed by atoms with van der Waals surface area (Å²) < 4.78 is 14.8. The van der Waals surface area contributed by atoms with Crippen molar-refractivity contribution in [3.05, 3.63) is 47.0 Å². The summed E-state index contributed by atoms with van der Waals surface area (Å²) in [5.41, 5.74) is 1.46. The van der Waals surface area contributed by atoms with Crippen LogP contribution in [-0.4, -0.2) is 15.3 Å². The molecule has 19 heavy (non-hydrogen) atoms. The number of aromatic nitrogens is 2. The first-order valence-electron chi connectivity index (χ1n) is 6.10.